The van der Waals surface area contributed by atoms with Crippen LogP contribution < -0.4 is 16.0 Å². The predicted octanol–water partition coefficient (Wildman–Crippen LogP) is 3.05. The third-order valence-electron chi connectivity index (χ3n) is 3.55. The minimum atomic E-state index is -0.638. The molecule has 8 nitrogen and oxygen atoms in total. The minimum Gasteiger partial charge on any atom is -0.374 e. The molecular formula is C17H17ClN4O4. The number of benzene rings is 2. The summed E-state index contributed by atoms with van der Waals surface area (Å²) >= 11 is 5.97. The van der Waals surface area contributed by atoms with Crippen LogP contribution in [-0.4, -0.2) is 29.8 Å². The number of non-ortho nitro benzene ring substituents is 1. The number of nitrogens with zero attached hydrogens (tertiary/aromatic N) is 1. The van der Waals surface area contributed by atoms with E-state index in [4.69, 9.17) is 11.6 Å². The van der Waals surface area contributed by atoms with Gasteiger partial charge in [0.25, 0.3) is 11.6 Å². The number of carbonyl (C=O) groups excluding carboxylic acids is 2. The van der Waals surface area contributed by atoms with Gasteiger partial charge < -0.3 is 16.0 Å². The van der Waals surface area contributed by atoms with Crippen LogP contribution in [-0.2, 0) is 4.79 Å². The van der Waals surface area contributed by atoms with Gasteiger partial charge in [-0.25, -0.2) is 0 Å². The van der Waals surface area contributed by atoms with Crippen molar-refractivity contribution in [2.45, 2.75) is 13.0 Å². The Kier molecular flexibility index (Phi) is 6.13. The Hall–Kier alpha value is -3.13. The van der Waals surface area contributed by atoms with Gasteiger partial charge in [0.2, 0.25) is 5.91 Å². The molecule has 0 bridgehead atoms. The van der Waals surface area contributed by atoms with Crippen molar-refractivity contribution in [2.24, 2.45) is 0 Å². The molecule has 0 heterocycles. The average molecular weight is 377 g/mol. The first kappa shape index (κ1) is 19.2. The highest BCUT2D eigenvalue weighted by atomic mass is 35.5. The quantitative estimate of drug-likeness (QED) is 0.529. The topological polar surface area (TPSA) is 113 Å². The van der Waals surface area contributed by atoms with Crippen LogP contribution in [0.1, 0.15) is 17.3 Å². The number of nitro benzene ring substituents is 1. The van der Waals surface area contributed by atoms with Gasteiger partial charge in [0.1, 0.15) is 6.04 Å². The molecule has 0 aromatic heterocycles. The Morgan fingerprint density at radius 3 is 2.54 bits per heavy atom. The molecule has 1 atom stereocenters. The van der Waals surface area contributed by atoms with Crippen molar-refractivity contribution in [3.63, 3.8) is 0 Å². The summed E-state index contributed by atoms with van der Waals surface area (Å²) < 4.78 is 0. The smallest absolute Gasteiger partial charge is 0.271 e. The molecule has 2 aromatic carbocycles. The van der Waals surface area contributed by atoms with Crippen molar-refractivity contribution in [3.8, 4) is 0 Å². The molecule has 1 unspecified atom stereocenters. The lowest BCUT2D eigenvalue weighted by molar-refractivity contribution is -0.384. The van der Waals surface area contributed by atoms with Gasteiger partial charge in [-0.05, 0) is 31.2 Å². The maximum absolute atomic E-state index is 12.3. The Labute approximate surface area is 154 Å². The molecule has 0 radical (unpaired) electrons. The van der Waals surface area contributed by atoms with Crippen LogP contribution in [0.4, 0.5) is 17.1 Å². The summed E-state index contributed by atoms with van der Waals surface area (Å²) in [6.07, 6.45) is 0. The van der Waals surface area contributed by atoms with E-state index < -0.39 is 11.0 Å². The van der Waals surface area contributed by atoms with Gasteiger partial charge in [0, 0.05) is 30.4 Å². The first-order valence-corrected chi connectivity index (χ1v) is 8.03. The number of rotatable bonds is 6. The van der Waals surface area contributed by atoms with Crippen molar-refractivity contribution >= 4 is 40.5 Å². The molecule has 2 aromatic rings. The van der Waals surface area contributed by atoms with Crippen LogP contribution in [0.15, 0.2) is 42.5 Å². The van der Waals surface area contributed by atoms with Gasteiger partial charge in [0.05, 0.1) is 15.6 Å². The highest BCUT2D eigenvalue weighted by Gasteiger charge is 2.16. The van der Waals surface area contributed by atoms with Gasteiger partial charge in [-0.15, -0.1) is 0 Å². The summed E-state index contributed by atoms with van der Waals surface area (Å²) in [4.78, 5) is 34.1. The van der Waals surface area contributed by atoms with E-state index in [1.807, 2.05) is 0 Å². The number of nitro groups is 1. The SMILES string of the molecule is CNC(=O)c1cccc(NC(C)C(=O)Nc2ccc([N+](=O)[O-])cc2Cl)c1. The van der Waals surface area contributed by atoms with Crippen LogP contribution >= 0.6 is 11.6 Å². The Balaban J connectivity index is 2.06. The fourth-order valence-electron chi connectivity index (χ4n) is 2.17. The summed E-state index contributed by atoms with van der Waals surface area (Å²) in [5.74, 6) is -0.616. The maximum Gasteiger partial charge on any atom is 0.271 e. The van der Waals surface area contributed by atoms with E-state index in [-0.39, 0.29) is 28.2 Å². The molecule has 0 saturated heterocycles. The minimum absolute atomic E-state index is 0.0707. The van der Waals surface area contributed by atoms with Gasteiger partial charge in [-0.2, -0.15) is 0 Å². The Morgan fingerprint density at radius 1 is 1.19 bits per heavy atom. The lowest BCUT2D eigenvalue weighted by atomic mass is 10.1. The molecule has 0 aliphatic rings. The molecule has 2 amide bonds. The largest absolute Gasteiger partial charge is 0.374 e. The molecule has 26 heavy (non-hydrogen) atoms. The number of halogens is 1. The second-order valence-corrected chi connectivity index (χ2v) is 5.84. The second-order valence-electron chi connectivity index (χ2n) is 5.44. The third-order valence-corrected chi connectivity index (χ3v) is 3.86. The maximum atomic E-state index is 12.3. The van der Waals surface area contributed by atoms with Crippen molar-refractivity contribution in [3.05, 3.63) is 63.2 Å². The van der Waals surface area contributed by atoms with Crippen molar-refractivity contribution < 1.29 is 14.5 Å². The molecule has 3 N–H and O–H groups in total. The zero-order valence-electron chi connectivity index (χ0n) is 14.1. The van der Waals surface area contributed by atoms with E-state index in [2.05, 4.69) is 16.0 Å². The zero-order valence-corrected chi connectivity index (χ0v) is 14.8. The van der Waals surface area contributed by atoms with Crippen molar-refractivity contribution in [1.82, 2.24) is 5.32 Å². The fraction of sp³-hybridized carbons (Fsp3) is 0.176. The average Bonchev–Trinajstić information content (AvgIpc) is 2.62. The van der Waals surface area contributed by atoms with E-state index in [0.717, 1.165) is 0 Å². The number of amides is 2. The molecule has 0 fully saturated rings. The van der Waals surface area contributed by atoms with Crippen LogP contribution in [0.3, 0.4) is 0 Å². The molecule has 0 aliphatic heterocycles. The summed E-state index contributed by atoms with van der Waals surface area (Å²) in [5, 5.41) is 18.9. The van der Waals surface area contributed by atoms with E-state index in [1.165, 1.54) is 25.2 Å². The van der Waals surface area contributed by atoms with Crippen molar-refractivity contribution in [1.29, 1.82) is 0 Å². The lowest BCUT2D eigenvalue weighted by Crippen LogP contribution is -2.32. The van der Waals surface area contributed by atoms with E-state index in [9.17, 15) is 19.7 Å². The Bertz CT molecular complexity index is 856. The van der Waals surface area contributed by atoms with Gasteiger partial charge in [0.15, 0.2) is 0 Å². The van der Waals surface area contributed by atoms with Crippen LogP contribution in [0.25, 0.3) is 0 Å². The number of nitrogens with one attached hydrogen (secondary N) is 3. The van der Waals surface area contributed by atoms with Gasteiger partial charge >= 0.3 is 0 Å². The molecule has 2 rings (SSSR count). The summed E-state index contributed by atoms with van der Waals surface area (Å²) in [7, 11) is 1.53. The Morgan fingerprint density at radius 2 is 1.92 bits per heavy atom. The predicted molar refractivity (Wildman–Crippen MR) is 99.7 cm³/mol. The zero-order chi connectivity index (χ0) is 19.3. The summed E-state index contributed by atoms with van der Waals surface area (Å²) in [5.41, 5.74) is 1.17. The van der Waals surface area contributed by atoms with Crippen LogP contribution in [0.5, 0.6) is 0 Å². The number of hydrogen-bond acceptors (Lipinski definition) is 5. The normalized spacial score (nSPS) is 11.3. The third kappa shape index (κ3) is 4.70. The van der Waals surface area contributed by atoms with Crippen molar-refractivity contribution in [2.75, 3.05) is 17.7 Å². The van der Waals surface area contributed by atoms with E-state index in [1.54, 1.807) is 31.2 Å². The van der Waals surface area contributed by atoms with Crippen LogP contribution in [0, 0.1) is 10.1 Å². The number of carbonyl (C=O) groups is 2. The fourth-order valence-corrected chi connectivity index (χ4v) is 2.39. The van der Waals surface area contributed by atoms with Gasteiger partial charge in [-0.3, -0.25) is 19.7 Å². The van der Waals surface area contributed by atoms with Gasteiger partial charge in [-0.1, -0.05) is 17.7 Å². The van der Waals surface area contributed by atoms with E-state index in [0.29, 0.717) is 11.3 Å². The lowest BCUT2D eigenvalue weighted by Gasteiger charge is -2.16. The molecule has 136 valence electrons. The summed E-state index contributed by atoms with van der Waals surface area (Å²) in [6, 6.07) is 9.87. The van der Waals surface area contributed by atoms with Crippen LogP contribution in [0.2, 0.25) is 5.02 Å². The number of hydrogen-bond donors (Lipinski definition) is 3. The highest BCUT2D eigenvalue weighted by molar-refractivity contribution is 6.34. The molecule has 9 heteroatoms. The first-order chi connectivity index (χ1) is 12.3. The summed E-state index contributed by atoms with van der Waals surface area (Å²) in [6.45, 7) is 1.64. The van der Waals surface area contributed by atoms with E-state index >= 15 is 0 Å². The molecule has 0 saturated carbocycles. The molecular weight excluding hydrogens is 360 g/mol. The standard InChI is InChI=1S/C17H17ClN4O4/c1-10(20-12-5-3-4-11(8-12)17(24)19-2)16(23)21-15-7-6-13(22(25)26)9-14(15)18/h3-10,20H,1-2H3,(H,19,24)(H,21,23). The number of anilines is 2. The first-order valence-electron chi connectivity index (χ1n) is 7.65. The monoisotopic (exact) mass is 376 g/mol. The second kappa shape index (κ2) is 8.30. The highest BCUT2D eigenvalue weighted by Crippen LogP contribution is 2.26. The molecule has 0 aliphatic carbocycles. The molecule has 0 spiro atoms.